The number of amides is 2. The standard InChI is InChI=1S/C19H22N2O/c20-19(22)21(17-9-5-2-6-10-17)18-13-11-16(12-14-18)15-7-3-1-4-8-15/h1,3-4,7-8,11-14,17H,2,5-6,9-10H2,(H2,20,22). The molecular weight excluding hydrogens is 272 g/mol. The summed E-state index contributed by atoms with van der Waals surface area (Å²) in [6.45, 7) is 0. The van der Waals surface area contributed by atoms with Crippen molar-refractivity contribution in [1.29, 1.82) is 0 Å². The van der Waals surface area contributed by atoms with Crippen molar-refractivity contribution in [3.05, 3.63) is 54.6 Å². The minimum atomic E-state index is -0.348. The highest BCUT2D eigenvalue weighted by Gasteiger charge is 2.25. The third-order valence-electron chi connectivity index (χ3n) is 4.43. The Hall–Kier alpha value is -2.29. The van der Waals surface area contributed by atoms with E-state index in [0.717, 1.165) is 24.1 Å². The largest absolute Gasteiger partial charge is 0.351 e. The molecule has 0 bridgehead atoms. The van der Waals surface area contributed by atoms with E-state index in [1.54, 1.807) is 4.90 Å². The van der Waals surface area contributed by atoms with Crippen LogP contribution in [0.5, 0.6) is 0 Å². The van der Waals surface area contributed by atoms with Gasteiger partial charge in [0.25, 0.3) is 0 Å². The van der Waals surface area contributed by atoms with Crippen molar-refractivity contribution in [2.75, 3.05) is 4.90 Å². The van der Waals surface area contributed by atoms with Crippen LogP contribution in [-0.4, -0.2) is 12.1 Å². The summed E-state index contributed by atoms with van der Waals surface area (Å²) in [5.74, 6) is 0. The number of carbonyl (C=O) groups is 1. The van der Waals surface area contributed by atoms with Crippen LogP contribution in [0.25, 0.3) is 11.1 Å². The van der Waals surface area contributed by atoms with Gasteiger partial charge in [0.2, 0.25) is 0 Å². The number of urea groups is 1. The van der Waals surface area contributed by atoms with Gasteiger partial charge in [-0.2, -0.15) is 0 Å². The van der Waals surface area contributed by atoms with E-state index < -0.39 is 0 Å². The molecule has 0 atom stereocenters. The molecule has 3 nitrogen and oxygen atoms in total. The number of nitrogens with zero attached hydrogens (tertiary/aromatic N) is 1. The molecule has 3 rings (SSSR count). The zero-order chi connectivity index (χ0) is 15.4. The van der Waals surface area contributed by atoms with Crippen molar-refractivity contribution in [3.63, 3.8) is 0 Å². The maximum absolute atomic E-state index is 11.9. The predicted octanol–water partition coefficient (Wildman–Crippen LogP) is 4.57. The molecule has 3 heteroatoms. The summed E-state index contributed by atoms with van der Waals surface area (Å²) in [6, 6.07) is 18.3. The summed E-state index contributed by atoms with van der Waals surface area (Å²) in [5.41, 5.74) is 8.87. The number of anilines is 1. The second-order valence-electron chi connectivity index (χ2n) is 5.91. The Morgan fingerprint density at radius 1 is 0.864 bits per heavy atom. The molecule has 22 heavy (non-hydrogen) atoms. The van der Waals surface area contributed by atoms with Crippen molar-refractivity contribution in [2.45, 2.75) is 38.1 Å². The molecule has 2 aromatic rings. The third kappa shape index (κ3) is 3.14. The molecule has 1 aliphatic carbocycles. The second-order valence-corrected chi connectivity index (χ2v) is 5.91. The van der Waals surface area contributed by atoms with Gasteiger partial charge < -0.3 is 5.73 Å². The molecule has 2 amide bonds. The minimum absolute atomic E-state index is 0.244. The molecule has 0 radical (unpaired) electrons. The Morgan fingerprint density at radius 3 is 2.05 bits per heavy atom. The lowest BCUT2D eigenvalue weighted by Crippen LogP contribution is -2.44. The van der Waals surface area contributed by atoms with Crippen LogP contribution in [0.15, 0.2) is 54.6 Å². The van der Waals surface area contributed by atoms with E-state index in [0.29, 0.717) is 0 Å². The lowest BCUT2D eigenvalue weighted by atomic mass is 9.94. The van der Waals surface area contributed by atoms with Gasteiger partial charge in [-0.1, -0.05) is 61.7 Å². The van der Waals surface area contributed by atoms with Crippen LogP contribution in [0.3, 0.4) is 0 Å². The molecule has 0 aliphatic heterocycles. The Bertz CT molecular complexity index is 616. The molecule has 2 N–H and O–H groups in total. The molecule has 0 heterocycles. The molecule has 1 aliphatic rings. The highest BCUT2D eigenvalue weighted by atomic mass is 16.2. The molecule has 1 saturated carbocycles. The number of benzene rings is 2. The Balaban J connectivity index is 1.84. The van der Waals surface area contributed by atoms with Crippen LogP contribution in [0, 0.1) is 0 Å². The first-order valence-electron chi connectivity index (χ1n) is 8.00. The van der Waals surface area contributed by atoms with Gasteiger partial charge in [-0.15, -0.1) is 0 Å². The van der Waals surface area contributed by atoms with Crippen molar-refractivity contribution in [1.82, 2.24) is 0 Å². The molecule has 0 saturated heterocycles. The number of hydrogen-bond acceptors (Lipinski definition) is 1. The maximum Gasteiger partial charge on any atom is 0.319 e. The van der Waals surface area contributed by atoms with Crippen molar-refractivity contribution in [3.8, 4) is 11.1 Å². The molecule has 1 fully saturated rings. The van der Waals surface area contributed by atoms with E-state index >= 15 is 0 Å². The highest BCUT2D eigenvalue weighted by Crippen LogP contribution is 2.29. The molecule has 0 spiro atoms. The van der Waals surface area contributed by atoms with E-state index in [9.17, 15) is 4.79 Å². The fourth-order valence-electron chi connectivity index (χ4n) is 3.30. The molecular formula is C19H22N2O. The molecule has 0 unspecified atom stereocenters. The smallest absolute Gasteiger partial charge is 0.319 e. The van der Waals surface area contributed by atoms with Crippen LogP contribution in [-0.2, 0) is 0 Å². The Morgan fingerprint density at radius 2 is 1.45 bits per heavy atom. The first-order valence-corrected chi connectivity index (χ1v) is 8.00. The van der Waals surface area contributed by atoms with Crippen molar-refractivity contribution < 1.29 is 4.79 Å². The lowest BCUT2D eigenvalue weighted by Gasteiger charge is -2.33. The number of primary amides is 1. The highest BCUT2D eigenvalue weighted by molar-refractivity contribution is 5.91. The SMILES string of the molecule is NC(=O)N(c1ccc(-c2ccccc2)cc1)C1CCCCC1. The van der Waals surface area contributed by atoms with Crippen LogP contribution in [0.2, 0.25) is 0 Å². The third-order valence-corrected chi connectivity index (χ3v) is 4.43. The first kappa shape index (κ1) is 14.6. The fourth-order valence-corrected chi connectivity index (χ4v) is 3.30. The predicted molar refractivity (Wildman–Crippen MR) is 90.8 cm³/mol. The van der Waals surface area contributed by atoms with Crippen LogP contribution in [0.1, 0.15) is 32.1 Å². The molecule has 114 valence electrons. The lowest BCUT2D eigenvalue weighted by molar-refractivity contribution is 0.249. The number of nitrogens with two attached hydrogens (primary N) is 1. The normalized spacial score (nSPS) is 15.5. The van der Waals surface area contributed by atoms with E-state index in [1.807, 2.05) is 30.3 Å². The van der Waals surface area contributed by atoms with Gasteiger partial charge in [0, 0.05) is 11.7 Å². The Labute approximate surface area is 131 Å². The average Bonchev–Trinajstić information content (AvgIpc) is 2.57. The topological polar surface area (TPSA) is 46.3 Å². The summed E-state index contributed by atoms with van der Waals surface area (Å²) in [6.07, 6.45) is 5.70. The van der Waals surface area contributed by atoms with Gasteiger partial charge in [0.1, 0.15) is 0 Å². The van der Waals surface area contributed by atoms with Gasteiger partial charge in [-0.25, -0.2) is 4.79 Å². The van der Waals surface area contributed by atoms with Crippen molar-refractivity contribution in [2.24, 2.45) is 5.73 Å². The quantitative estimate of drug-likeness (QED) is 0.885. The summed E-state index contributed by atoms with van der Waals surface area (Å²) in [4.78, 5) is 13.7. The van der Waals surface area contributed by atoms with E-state index in [1.165, 1.54) is 24.8 Å². The zero-order valence-corrected chi connectivity index (χ0v) is 12.7. The zero-order valence-electron chi connectivity index (χ0n) is 12.7. The van der Waals surface area contributed by atoms with Crippen LogP contribution in [0.4, 0.5) is 10.5 Å². The summed E-state index contributed by atoms with van der Waals surface area (Å²) < 4.78 is 0. The Kier molecular flexibility index (Phi) is 4.42. The average molecular weight is 294 g/mol. The number of hydrogen-bond donors (Lipinski definition) is 1. The van der Waals surface area contributed by atoms with Crippen LogP contribution < -0.4 is 10.6 Å². The van der Waals surface area contributed by atoms with Gasteiger partial charge in [0.15, 0.2) is 0 Å². The summed E-state index contributed by atoms with van der Waals surface area (Å²) >= 11 is 0. The van der Waals surface area contributed by atoms with Crippen LogP contribution >= 0.6 is 0 Å². The second kappa shape index (κ2) is 6.65. The number of carbonyl (C=O) groups excluding carboxylic acids is 1. The maximum atomic E-state index is 11.9. The monoisotopic (exact) mass is 294 g/mol. The summed E-state index contributed by atoms with van der Waals surface area (Å²) in [7, 11) is 0. The van der Waals surface area contributed by atoms with Gasteiger partial charge >= 0.3 is 6.03 Å². The first-order chi connectivity index (χ1) is 10.8. The van der Waals surface area contributed by atoms with Crippen molar-refractivity contribution >= 4 is 11.7 Å². The van der Waals surface area contributed by atoms with E-state index in [4.69, 9.17) is 5.73 Å². The minimum Gasteiger partial charge on any atom is -0.351 e. The molecule has 2 aromatic carbocycles. The fraction of sp³-hybridized carbons (Fsp3) is 0.316. The van der Waals surface area contributed by atoms with Gasteiger partial charge in [0.05, 0.1) is 0 Å². The number of rotatable bonds is 3. The van der Waals surface area contributed by atoms with E-state index in [2.05, 4.69) is 24.3 Å². The van der Waals surface area contributed by atoms with E-state index in [-0.39, 0.29) is 12.1 Å². The molecule has 0 aromatic heterocycles. The van der Waals surface area contributed by atoms with Gasteiger partial charge in [-0.3, -0.25) is 4.90 Å². The summed E-state index contributed by atoms with van der Waals surface area (Å²) in [5, 5.41) is 0. The van der Waals surface area contributed by atoms with Gasteiger partial charge in [-0.05, 0) is 36.1 Å².